The van der Waals surface area contributed by atoms with E-state index in [0.717, 1.165) is 44.0 Å². The second-order valence-corrected chi connectivity index (χ2v) is 6.73. The van der Waals surface area contributed by atoms with Crippen molar-refractivity contribution < 1.29 is 14.3 Å². The number of benzene rings is 2. The van der Waals surface area contributed by atoms with Gasteiger partial charge in [0.1, 0.15) is 5.75 Å². The molecular formula is C22H28N2O3. The normalized spacial score (nSPS) is 15.9. The summed E-state index contributed by atoms with van der Waals surface area (Å²) in [5, 5.41) is 3.13. The van der Waals surface area contributed by atoms with Gasteiger partial charge in [-0.1, -0.05) is 42.5 Å². The molecule has 0 radical (unpaired) electrons. The van der Waals surface area contributed by atoms with E-state index < -0.39 is 0 Å². The van der Waals surface area contributed by atoms with E-state index in [1.54, 1.807) is 7.11 Å². The molecule has 144 valence electrons. The third kappa shape index (κ3) is 5.81. The van der Waals surface area contributed by atoms with Crippen LogP contribution in [-0.2, 0) is 16.0 Å². The minimum absolute atomic E-state index is 0.0833. The zero-order valence-corrected chi connectivity index (χ0v) is 15.9. The minimum Gasteiger partial charge on any atom is -0.497 e. The first kappa shape index (κ1) is 19.4. The van der Waals surface area contributed by atoms with Gasteiger partial charge in [-0.3, -0.25) is 9.69 Å². The number of nitrogens with zero attached hydrogens (tertiary/aromatic N) is 1. The van der Waals surface area contributed by atoms with Gasteiger partial charge in [-0.25, -0.2) is 0 Å². The van der Waals surface area contributed by atoms with Gasteiger partial charge in [-0.15, -0.1) is 0 Å². The lowest BCUT2D eigenvalue weighted by molar-refractivity contribution is -0.121. The van der Waals surface area contributed by atoms with E-state index in [1.807, 2.05) is 42.5 Å². The Morgan fingerprint density at radius 1 is 1.11 bits per heavy atom. The molecule has 0 bridgehead atoms. The van der Waals surface area contributed by atoms with Crippen LogP contribution in [0.5, 0.6) is 5.75 Å². The molecule has 0 spiro atoms. The lowest BCUT2D eigenvalue weighted by Gasteiger charge is -2.35. The van der Waals surface area contributed by atoms with Crippen LogP contribution in [0.2, 0.25) is 0 Å². The summed E-state index contributed by atoms with van der Waals surface area (Å²) in [5.74, 6) is 0.916. The van der Waals surface area contributed by atoms with E-state index in [0.29, 0.717) is 13.0 Å². The molecular weight excluding hydrogens is 340 g/mol. The van der Waals surface area contributed by atoms with Crippen LogP contribution in [0.25, 0.3) is 0 Å². The maximum atomic E-state index is 12.4. The number of nitrogens with one attached hydrogen (secondary N) is 1. The lowest BCUT2D eigenvalue weighted by atomic mass is 10.0. The van der Waals surface area contributed by atoms with Gasteiger partial charge in [0.05, 0.1) is 26.4 Å². The Bertz CT molecular complexity index is 697. The standard InChI is InChI=1S/C22H28N2O3/c1-26-20-10-7-18(8-11-20)9-12-22(25)23-17-21(19-5-3-2-4-6-19)24-13-15-27-16-14-24/h2-8,10-11,21H,9,12-17H2,1H3,(H,23,25)/t21-/m1/s1. The van der Waals surface area contributed by atoms with Crippen LogP contribution in [0, 0.1) is 0 Å². The molecule has 1 N–H and O–H groups in total. The molecule has 0 aromatic heterocycles. The number of ether oxygens (including phenoxy) is 2. The zero-order chi connectivity index (χ0) is 18.9. The fourth-order valence-corrected chi connectivity index (χ4v) is 3.37. The van der Waals surface area contributed by atoms with Crippen LogP contribution < -0.4 is 10.1 Å². The quantitative estimate of drug-likeness (QED) is 0.778. The summed E-state index contributed by atoms with van der Waals surface area (Å²) < 4.78 is 10.6. The molecule has 1 fully saturated rings. The zero-order valence-electron chi connectivity index (χ0n) is 15.9. The molecule has 1 saturated heterocycles. The fourth-order valence-electron chi connectivity index (χ4n) is 3.37. The van der Waals surface area contributed by atoms with E-state index in [-0.39, 0.29) is 11.9 Å². The van der Waals surface area contributed by atoms with Gasteiger partial charge >= 0.3 is 0 Å². The van der Waals surface area contributed by atoms with Gasteiger partial charge in [0, 0.05) is 26.1 Å². The van der Waals surface area contributed by atoms with Crippen molar-refractivity contribution in [2.75, 3.05) is 40.0 Å². The molecule has 1 heterocycles. The Balaban J connectivity index is 1.53. The van der Waals surface area contributed by atoms with Crippen LogP contribution in [0.15, 0.2) is 54.6 Å². The smallest absolute Gasteiger partial charge is 0.220 e. The van der Waals surface area contributed by atoms with E-state index in [9.17, 15) is 4.79 Å². The van der Waals surface area contributed by atoms with E-state index in [2.05, 4.69) is 22.3 Å². The van der Waals surface area contributed by atoms with Crippen LogP contribution in [-0.4, -0.2) is 50.8 Å². The third-order valence-electron chi connectivity index (χ3n) is 4.96. The molecule has 0 unspecified atom stereocenters. The lowest BCUT2D eigenvalue weighted by Crippen LogP contribution is -2.43. The molecule has 0 aliphatic carbocycles. The summed E-state index contributed by atoms with van der Waals surface area (Å²) in [6, 6.07) is 18.4. The van der Waals surface area contributed by atoms with Crippen molar-refractivity contribution in [3.63, 3.8) is 0 Å². The molecule has 0 saturated carbocycles. The van der Waals surface area contributed by atoms with Gasteiger partial charge in [-0.2, -0.15) is 0 Å². The Hall–Kier alpha value is -2.37. The molecule has 1 atom stereocenters. The van der Waals surface area contributed by atoms with Gasteiger partial charge in [0.25, 0.3) is 0 Å². The molecule has 27 heavy (non-hydrogen) atoms. The Morgan fingerprint density at radius 2 is 1.81 bits per heavy atom. The molecule has 5 nitrogen and oxygen atoms in total. The topological polar surface area (TPSA) is 50.8 Å². The van der Waals surface area contributed by atoms with Crippen LogP contribution in [0.3, 0.4) is 0 Å². The number of carbonyl (C=O) groups is 1. The van der Waals surface area contributed by atoms with E-state index >= 15 is 0 Å². The Morgan fingerprint density at radius 3 is 2.48 bits per heavy atom. The van der Waals surface area contributed by atoms with Crippen molar-refractivity contribution >= 4 is 5.91 Å². The second-order valence-electron chi connectivity index (χ2n) is 6.73. The number of carbonyl (C=O) groups excluding carboxylic acids is 1. The SMILES string of the molecule is COc1ccc(CCC(=O)NC[C@H](c2ccccc2)N2CCOCC2)cc1. The number of aryl methyl sites for hydroxylation is 1. The maximum absolute atomic E-state index is 12.4. The summed E-state index contributed by atoms with van der Waals surface area (Å²) in [5.41, 5.74) is 2.37. The minimum atomic E-state index is 0.0833. The molecule has 5 heteroatoms. The van der Waals surface area contributed by atoms with Gasteiger partial charge in [0.2, 0.25) is 5.91 Å². The second kappa shape index (κ2) is 10.1. The van der Waals surface area contributed by atoms with E-state index in [4.69, 9.17) is 9.47 Å². The molecule has 1 aliphatic heterocycles. The third-order valence-corrected chi connectivity index (χ3v) is 4.96. The summed E-state index contributed by atoms with van der Waals surface area (Å²) in [6.07, 6.45) is 1.21. The average Bonchev–Trinajstić information content (AvgIpc) is 2.74. The number of hydrogen-bond acceptors (Lipinski definition) is 4. The van der Waals surface area contributed by atoms with Crippen molar-refractivity contribution in [2.24, 2.45) is 0 Å². The predicted molar refractivity (Wildman–Crippen MR) is 106 cm³/mol. The van der Waals surface area contributed by atoms with Crippen molar-refractivity contribution in [1.29, 1.82) is 0 Å². The van der Waals surface area contributed by atoms with Crippen molar-refractivity contribution in [2.45, 2.75) is 18.9 Å². The molecule has 2 aromatic rings. The highest BCUT2D eigenvalue weighted by Gasteiger charge is 2.22. The van der Waals surface area contributed by atoms with E-state index in [1.165, 1.54) is 5.56 Å². The number of hydrogen-bond donors (Lipinski definition) is 1. The first-order chi connectivity index (χ1) is 13.3. The largest absolute Gasteiger partial charge is 0.497 e. The Labute approximate surface area is 161 Å². The fraction of sp³-hybridized carbons (Fsp3) is 0.409. The van der Waals surface area contributed by atoms with Crippen LogP contribution >= 0.6 is 0 Å². The first-order valence-corrected chi connectivity index (χ1v) is 9.52. The predicted octanol–water partition coefficient (Wildman–Crippen LogP) is 2.82. The molecule has 3 rings (SSSR count). The monoisotopic (exact) mass is 368 g/mol. The first-order valence-electron chi connectivity index (χ1n) is 9.52. The highest BCUT2D eigenvalue weighted by atomic mass is 16.5. The Kier molecular flexibility index (Phi) is 7.25. The number of morpholine rings is 1. The summed E-state index contributed by atoms with van der Waals surface area (Å²) in [7, 11) is 1.65. The summed E-state index contributed by atoms with van der Waals surface area (Å²) >= 11 is 0. The maximum Gasteiger partial charge on any atom is 0.220 e. The van der Waals surface area contributed by atoms with Crippen LogP contribution in [0.4, 0.5) is 0 Å². The number of amides is 1. The van der Waals surface area contributed by atoms with Gasteiger partial charge in [0.15, 0.2) is 0 Å². The van der Waals surface area contributed by atoms with Crippen LogP contribution in [0.1, 0.15) is 23.6 Å². The highest BCUT2D eigenvalue weighted by molar-refractivity contribution is 5.76. The number of methoxy groups -OCH3 is 1. The average molecular weight is 368 g/mol. The molecule has 2 aromatic carbocycles. The van der Waals surface area contributed by atoms with Crippen molar-refractivity contribution in [1.82, 2.24) is 10.2 Å². The van der Waals surface area contributed by atoms with Crippen molar-refractivity contribution in [3.05, 3.63) is 65.7 Å². The molecule has 1 amide bonds. The number of rotatable bonds is 8. The summed E-state index contributed by atoms with van der Waals surface area (Å²) in [6.45, 7) is 3.89. The highest BCUT2D eigenvalue weighted by Crippen LogP contribution is 2.21. The summed E-state index contributed by atoms with van der Waals surface area (Å²) in [4.78, 5) is 14.8. The molecule has 1 aliphatic rings. The van der Waals surface area contributed by atoms with Crippen molar-refractivity contribution in [3.8, 4) is 5.75 Å². The van der Waals surface area contributed by atoms with Gasteiger partial charge < -0.3 is 14.8 Å². The van der Waals surface area contributed by atoms with Gasteiger partial charge in [-0.05, 0) is 29.7 Å².